The molecule has 0 radical (unpaired) electrons. The summed E-state index contributed by atoms with van der Waals surface area (Å²) < 4.78 is 36.2. The van der Waals surface area contributed by atoms with Gasteiger partial charge in [0.1, 0.15) is 18.2 Å². The summed E-state index contributed by atoms with van der Waals surface area (Å²) in [5, 5.41) is 2.67. The Hall–Kier alpha value is -2.17. The van der Waals surface area contributed by atoms with Gasteiger partial charge in [-0.25, -0.2) is 4.79 Å². The topological polar surface area (TPSA) is 145 Å². The van der Waals surface area contributed by atoms with Crippen LogP contribution in [0.25, 0.3) is 0 Å². The second-order valence-corrected chi connectivity index (χ2v) is 8.82. The minimum atomic E-state index is -3.67. The van der Waals surface area contributed by atoms with Crippen LogP contribution >= 0.6 is 0 Å². The average molecular weight is 433 g/mol. The first-order valence-electron chi connectivity index (χ1n) is 9.13. The number of amides is 1. The van der Waals surface area contributed by atoms with Crippen LogP contribution < -0.4 is 11.1 Å². The van der Waals surface area contributed by atoms with Crippen LogP contribution in [0.2, 0.25) is 0 Å². The summed E-state index contributed by atoms with van der Waals surface area (Å²) in [5.74, 6) is -0.404. The molecule has 0 saturated carbocycles. The van der Waals surface area contributed by atoms with Crippen LogP contribution in [0.4, 0.5) is 4.79 Å². The molecule has 0 aliphatic heterocycles. The molecule has 0 bridgehead atoms. The predicted octanol–water partition coefficient (Wildman–Crippen LogP) is 2.26. The molecule has 1 aromatic carbocycles. The van der Waals surface area contributed by atoms with E-state index >= 15 is 0 Å². The van der Waals surface area contributed by atoms with Crippen molar-refractivity contribution in [1.82, 2.24) is 5.32 Å². The second-order valence-electron chi connectivity index (χ2n) is 7.36. The Morgan fingerprint density at radius 3 is 2.24 bits per heavy atom. The number of hydrogen-bond acceptors (Lipinski definition) is 7. The summed E-state index contributed by atoms with van der Waals surface area (Å²) in [5.41, 5.74) is 6.25. The Labute approximate surface area is 172 Å². The zero-order valence-corrected chi connectivity index (χ0v) is 18.2. The molecule has 1 atom stereocenters. The van der Waals surface area contributed by atoms with Gasteiger partial charge in [-0.15, -0.1) is 0 Å². The monoisotopic (exact) mass is 432 g/mol. The SMILES string of the molecule is CC(C)(C)OC(=O)NCCCC[C@H](N)C(=O)OCc1ccccc1.CS(=O)(=O)O. The number of rotatable bonds is 8. The highest BCUT2D eigenvalue weighted by atomic mass is 32.2. The van der Waals surface area contributed by atoms with Gasteiger partial charge in [-0.1, -0.05) is 30.3 Å². The summed E-state index contributed by atoms with van der Waals surface area (Å²) in [7, 11) is -3.67. The van der Waals surface area contributed by atoms with Gasteiger partial charge in [0.25, 0.3) is 10.1 Å². The number of ether oxygens (including phenoxy) is 2. The van der Waals surface area contributed by atoms with Gasteiger partial charge in [0.15, 0.2) is 0 Å². The lowest BCUT2D eigenvalue weighted by Crippen LogP contribution is -2.34. The number of benzene rings is 1. The van der Waals surface area contributed by atoms with Crippen molar-refractivity contribution in [3.8, 4) is 0 Å². The van der Waals surface area contributed by atoms with E-state index in [-0.39, 0.29) is 6.61 Å². The number of nitrogens with two attached hydrogens (primary N) is 1. The fourth-order valence-corrected chi connectivity index (χ4v) is 1.95. The van der Waals surface area contributed by atoms with Crippen molar-refractivity contribution in [3.05, 3.63) is 35.9 Å². The van der Waals surface area contributed by atoms with Crippen molar-refractivity contribution in [2.75, 3.05) is 12.8 Å². The lowest BCUT2D eigenvalue weighted by atomic mass is 10.1. The van der Waals surface area contributed by atoms with Crippen LogP contribution in [0.15, 0.2) is 30.3 Å². The predicted molar refractivity (Wildman–Crippen MR) is 110 cm³/mol. The molecule has 10 heteroatoms. The minimum absolute atomic E-state index is 0.230. The molecule has 9 nitrogen and oxygen atoms in total. The summed E-state index contributed by atoms with van der Waals surface area (Å²) in [6.07, 6.45) is 2.24. The quantitative estimate of drug-likeness (QED) is 0.322. The molecule has 0 spiro atoms. The normalized spacial score (nSPS) is 12.2. The first-order valence-corrected chi connectivity index (χ1v) is 11.0. The zero-order valence-electron chi connectivity index (χ0n) is 17.4. The highest BCUT2D eigenvalue weighted by Crippen LogP contribution is 2.07. The Bertz CT molecular complexity index is 708. The summed E-state index contributed by atoms with van der Waals surface area (Å²) in [6.45, 7) is 6.15. The van der Waals surface area contributed by atoms with Gasteiger partial charge in [-0.3, -0.25) is 9.35 Å². The maximum Gasteiger partial charge on any atom is 0.407 e. The first-order chi connectivity index (χ1) is 13.3. The smallest absolute Gasteiger partial charge is 0.407 e. The van der Waals surface area contributed by atoms with Crippen LogP contribution in [0.5, 0.6) is 0 Å². The van der Waals surface area contributed by atoms with Gasteiger partial charge in [0.05, 0.1) is 6.26 Å². The Kier molecular flexibility index (Phi) is 12.1. The van der Waals surface area contributed by atoms with Gasteiger partial charge >= 0.3 is 12.1 Å². The van der Waals surface area contributed by atoms with Crippen LogP contribution in [0.3, 0.4) is 0 Å². The van der Waals surface area contributed by atoms with E-state index in [2.05, 4.69) is 5.32 Å². The molecule has 0 aliphatic rings. The van der Waals surface area contributed by atoms with E-state index in [9.17, 15) is 18.0 Å². The molecule has 0 unspecified atom stereocenters. The summed E-state index contributed by atoms with van der Waals surface area (Å²) in [6, 6.07) is 8.82. The third kappa shape index (κ3) is 18.9. The Morgan fingerprint density at radius 1 is 1.17 bits per heavy atom. The van der Waals surface area contributed by atoms with Gasteiger partial charge in [-0.2, -0.15) is 8.42 Å². The number of alkyl carbamates (subject to hydrolysis) is 1. The molecule has 1 amide bonds. The van der Waals surface area contributed by atoms with Crippen LogP contribution in [-0.4, -0.2) is 49.5 Å². The molecule has 0 heterocycles. The number of hydrogen-bond donors (Lipinski definition) is 3. The van der Waals surface area contributed by atoms with Crippen molar-refractivity contribution in [2.24, 2.45) is 5.73 Å². The average Bonchev–Trinajstić information content (AvgIpc) is 2.57. The maximum absolute atomic E-state index is 11.8. The third-order valence-corrected chi connectivity index (χ3v) is 3.14. The van der Waals surface area contributed by atoms with Crippen molar-refractivity contribution < 1.29 is 32.0 Å². The molecular weight excluding hydrogens is 400 g/mol. The molecule has 4 N–H and O–H groups in total. The van der Waals surface area contributed by atoms with Gasteiger partial charge in [0.2, 0.25) is 0 Å². The molecule has 1 rings (SSSR count). The minimum Gasteiger partial charge on any atom is -0.460 e. The lowest BCUT2D eigenvalue weighted by molar-refractivity contribution is -0.146. The van der Waals surface area contributed by atoms with Crippen molar-refractivity contribution in [3.63, 3.8) is 0 Å². The van der Waals surface area contributed by atoms with Crippen LogP contribution in [0.1, 0.15) is 45.6 Å². The van der Waals surface area contributed by atoms with Gasteiger partial charge in [0, 0.05) is 6.54 Å². The largest absolute Gasteiger partial charge is 0.460 e. The third-order valence-electron chi connectivity index (χ3n) is 3.14. The van der Waals surface area contributed by atoms with E-state index in [1.165, 1.54) is 0 Å². The summed E-state index contributed by atoms with van der Waals surface area (Å²) in [4.78, 5) is 23.3. The van der Waals surface area contributed by atoms with E-state index in [1.807, 2.05) is 51.1 Å². The molecule has 0 aliphatic carbocycles. The molecular formula is C19H32N2O7S. The first kappa shape index (κ1) is 26.8. The lowest BCUT2D eigenvalue weighted by Gasteiger charge is -2.19. The second kappa shape index (κ2) is 13.1. The molecule has 0 saturated heterocycles. The van der Waals surface area contributed by atoms with Crippen molar-refractivity contribution in [1.29, 1.82) is 0 Å². The fourth-order valence-electron chi connectivity index (χ4n) is 1.95. The highest BCUT2D eigenvalue weighted by molar-refractivity contribution is 7.85. The van der Waals surface area contributed by atoms with Crippen LogP contribution in [-0.2, 0) is 31.0 Å². The van der Waals surface area contributed by atoms with E-state index < -0.39 is 33.8 Å². The molecule has 0 fully saturated rings. The molecule has 0 aromatic heterocycles. The van der Waals surface area contributed by atoms with Crippen molar-refractivity contribution in [2.45, 2.75) is 58.3 Å². The van der Waals surface area contributed by atoms with Gasteiger partial charge in [-0.05, 0) is 45.6 Å². The fraction of sp³-hybridized carbons (Fsp3) is 0.579. The van der Waals surface area contributed by atoms with Crippen molar-refractivity contribution >= 4 is 22.2 Å². The number of unbranched alkanes of at least 4 members (excludes halogenated alkanes) is 1. The van der Waals surface area contributed by atoms with E-state index in [0.717, 1.165) is 18.4 Å². The Morgan fingerprint density at radius 2 is 1.72 bits per heavy atom. The van der Waals surface area contributed by atoms with Crippen LogP contribution in [0, 0.1) is 0 Å². The number of esters is 1. The molecule has 1 aromatic rings. The highest BCUT2D eigenvalue weighted by Gasteiger charge is 2.16. The Balaban J connectivity index is 0.00000139. The maximum atomic E-state index is 11.8. The van der Waals surface area contributed by atoms with Gasteiger partial charge < -0.3 is 20.5 Å². The van der Waals surface area contributed by atoms with E-state index in [1.54, 1.807) is 0 Å². The van der Waals surface area contributed by atoms with E-state index in [4.69, 9.17) is 19.8 Å². The molecule has 29 heavy (non-hydrogen) atoms. The van der Waals surface area contributed by atoms with E-state index in [0.29, 0.717) is 19.2 Å². The standard InChI is InChI=1S/C18H28N2O4.CH4O3S/c1-18(2,3)24-17(22)20-12-8-7-11-15(19)16(21)23-13-14-9-5-4-6-10-14;1-5(2,3)4/h4-6,9-10,15H,7-8,11-13,19H2,1-3H3,(H,20,22);1H3,(H,2,3,4)/t15-;/m0./s1. The number of carbonyl (C=O) groups excluding carboxylic acids is 2. The zero-order chi connectivity index (χ0) is 22.5. The summed E-state index contributed by atoms with van der Waals surface area (Å²) >= 11 is 0. The number of nitrogens with one attached hydrogen (secondary N) is 1. The number of carbonyl (C=O) groups is 2. The molecule has 166 valence electrons.